The van der Waals surface area contributed by atoms with Gasteiger partial charge in [-0.15, -0.1) is 0 Å². The minimum Gasteiger partial charge on any atom is -0.494 e. The van der Waals surface area contributed by atoms with Crippen molar-refractivity contribution in [3.8, 4) is 11.5 Å². The molecular formula is C26H29FN2O3. The molecule has 0 unspecified atom stereocenters. The van der Waals surface area contributed by atoms with Crippen molar-refractivity contribution in [2.75, 3.05) is 26.2 Å². The van der Waals surface area contributed by atoms with Gasteiger partial charge < -0.3 is 18.9 Å². The number of likely N-dealkylation sites (tertiary alicyclic amines) is 1. The van der Waals surface area contributed by atoms with E-state index < -0.39 is 0 Å². The zero-order valence-electron chi connectivity index (χ0n) is 18.2. The van der Waals surface area contributed by atoms with Crippen molar-refractivity contribution in [3.05, 3.63) is 94.2 Å². The summed E-state index contributed by atoms with van der Waals surface area (Å²) in [5, 5.41) is 0. The fourth-order valence-electron chi connectivity index (χ4n) is 3.87. The molecule has 0 radical (unpaired) electrons. The third-order valence-corrected chi connectivity index (χ3v) is 5.62. The van der Waals surface area contributed by atoms with Gasteiger partial charge in [0.1, 0.15) is 23.9 Å². The molecule has 1 fully saturated rings. The standard InChI is InChI=1S/C26H29FN2O3/c27-23-9-7-21(8-10-23)20-32-25-11-15-29(26(30)18-25)19-22-5-3-6-24(17-22)31-16-4-14-28-12-1-2-13-28/h3,5-11,15,17-18H,1-2,4,12-14,16,19-20H2. The van der Waals surface area contributed by atoms with Crippen molar-refractivity contribution in [1.82, 2.24) is 9.47 Å². The van der Waals surface area contributed by atoms with E-state index in [1.165, 1.54) is 44.1 Å². The summed E-state index contributed by atoms with van der Waals surface area (Å²) in [6.07, 6.45) is 5.36. The monoisotopic (exact) mass is 436 g/mol. The van der Waals surface area contributed by atoms with Crippen LogP contribution in [0.3, 0.4) is 0 Å². The molecule has 3 aromatic rings. The number of ether oxygens (including phenoxy) is 2. The Kier molecular flexibility index (Phi) is 7.56. The zero-order chi connectivity index (χ0) is 22.2. The molecule has 0 amide bonds. The van der Waals surface area contributed by atoms with Crippen LogP contribution in [-0.2, 0) is 13.2 Å². The van der Waals surface area contributed by atoms with Gasteiger partial charge in [0.15, 0.2) is 0 Å². The first-order chi connectivity index (χ1) is 15.7. The maximum Gasteiger partial charge on any atom is 0.254 e. The van der Waals surface area contributed by atoms with E-state index in [1.54, 1.807) is 29.0 Å². The first-order valence-electron chi connectivity index (χ1n) is 11.2. The lowest BCUT2D eigenvalue weighted by molar-refractivity contribution is 0.263. The Hall–Kier alpha value is -3.12. The van der Waals surface area contributed by atoms with Crippen molar-refractivity contribution in [2.24, 2.45) is 0 Å². The average Bonchev–Trinajstić information content (AvgIpc) is 3.32. The van der Waals surface area contributed by atoms with E-state index >= 15 is 0 Å². The van der Waals surface area contributed by atoms with Crippen LogP contribution in [0.25, 0.3) is 0 Å². The summed E-state index contributed by atoms with van der Waals surface area (Å²) in [6, 6.07) is 17.2. The second-order valence-corrected chi connectivity index (χ2v) is 8.14. The van der Waals surface area contributed by atoms with Gasteiger partial charge in [0, 0.05) is 18.8 Å². The highest BCUT2D eigenvalue weighted by Gasteiger charge is 2.10. The number of aromatic nitrogens is 1. The predicted octanol–water partition coefficient (Wildman–Crippen LogP) is 4.48. The summed E-state index contributed by atoms with van der Waals surface area (Å²) in [6.45, 7) is 4.94. The Bertz CT molecular complexity index is 1060. The van der Waals surface area contributed by atoms with Crippen molar-refractivity contribution in [1.29, 1.82) is 0 Å². The normalized spacial score (nSPS) is 13.9. The van der Waals surface area contributed by atoms with Crippen molar-refractivity contribution in [2.45, 2.75) is 32.4 Å². The Morgan fingerprint density at radius 2 is 1.66 bits per heavy atom. The van der Waals surface area contributed by atoms with Crippen molar-refractivity contribution >= 4 is 0 Å². The number of hydrogen-bond donors (Lipinski definition) is 0. The predicted molar refractivity (Wildman–Crippen MR) is 123 cm³/mol. The number of nitrogens with zero attached hydrogens (tertiary/aromatic N) is 2. The van der Waals surface area contributed by atoms with E-state index in [9.17, 15) is 9.18 Å². The van der Waals surface area contributed by atoms with Crippen LogP contribution in [0.2, 0.25) is 0 Å². The third kappa shape index (κ3) is 6.44. The first kappa shape index (κ1) is 22.1. The number of rotatable bonds is 10. The highest BCUT2D eigenvalue weighted by molar-refractivity contribution is 5.29. The first-order valence-corrected chi connectivity index (χ1v) is 11.2. The van der Waals surface area contributed by atoms with Crippen LogP contribution < -0.4 is 15.0 Å². The number of benzene rings is 2. The third-order valence-electron chi connectivity index (χ3n) is 5.62. The van der Waals surface area contributed by atoms with Crippen molar-refractivity contribution in [3.63, 3.8) is 0 Å². The second kappa shape index (κ2) is 11.0. The Morgan fingerprint density at radius 3 is 2.44 bits per heavy atom. The number of hydrogen-bond acceptors (Lipinski definition) is 4. The SMILES string of the molecule is O=c1cc(OCc2ccc(F)cc2)ccn1Cc1cccc(OCCCN2CCCC2)c1. The second-order valence-electron chi connectivity index (χ2n) is 8.14. The lowest BCUT2D eigenvalue weighted by Gasteiger charge is -2.14. The molecule has 2 aromatic carbocycles. The molecule has 6 heteroatoms. The molecule has 0 N–H and O–H groups in total. The molecular weight excluding hydrogens is 407 g/mol. The summed E-state index contributed by atoms with van der Waals surface area (Å²) in [5.41, 5.74) is 1.70. The smallest absolute Gasteiger partial charge is 0.254 e. The van der Waals surface area contributed by atoms with Crippen LogP contribution in [0, 0.1) is 5.82 Å². The van der Waals surface area contributed by atoms with E-state index in [2.05, 4.69) is 4.90 Å². The average molecular weight is 437 g/mol. The Morgan fingerprint density at radius 1 is 0.875 bits per heavy atom. The molecule has 32 heavy (non-hydrogen) atoms. The van der Waals surface area contributed by atoms with Crippen LogP contribution in [0.5, 0.6) is 11.5 Å². The lowest BCUT2D eigenvalue weighted by Crippen LogP contribution is -2.22. The summed E-state index contributed by atoms with van der Waals surface area (Å²) in [5.74, 6) is 1.04. The molecule has 1 aliphatic rings. The Labute approximate surface area is 188 Å². The van der Waals surface area contributed by atoms with Gasteiger partial charge in [-0.25, -0.2) is 4.39 Å². The maximum atomic E-state index is 13.0. The summed E-state index contributed by atoms with van der Waals surface area (Å²) < 4.78 is 26.2. The summed E-state index contributed by atoms with van der Waals surface area (Å²) >= 11 is 0. The summed E-state index contributed by atoms with van der Waals surface area (Å²) in [4.78, 5) is 15.0. The molecule has 2 heterocycles. The van der Waals surface area contributed by atoms with Gasteiger partial charge in [-0.1, -0.05) is 24.3 Å². The van der Waals surface area contributed by atoms with Crippen LogP contribution in [0.1, 0.15) is 30.4 Å². The largest absolute Gasteiger partial charge is 0.494 e. The van der Waals surface area contributed by atoms with Crippen LogP contribution >= 0.6 is 0 Å². The van der Waals surface area contributed by atoms with Crippen LogP contribution in [0.4, 0.5) is 4.39 Å². The molecule has 1 saturated heterocycles. The van der Waals surface area contributed by atoms with Crippen LogP contribution in [-0.4, -0.2) is 35.7 Å². The molecule has 0 atom stereocenters. The minimum absolute atomic E-state index is 0.140. The molecule has 0 spiro atoms. The number of pyridine rings is 1. The van der Waals surface area contributed by atoms with Gasteiger partial charge in [-0.3, -0.25) is 4.79 Å². The van der Waals surface area contributed by atoms with E-state index in [-0.39, 0.29) is 18.0 Å². The molecule has 1 aromatic heterocycles. The highest BCUT2D eigenvalue weighted by Crippen LogP contribution is 2.16. The van der Waals surface area contributed by atoms with Crippen molar-refractivity contribution < 1.29 is 13.9 Å². The molecule has 4 rings (SSSR count). The van der Waals surface area contributed by atoms with E-state index in [0.29, 0.717) is 18.9 Å². The fourth-order valence-corrected chi connectivity index (χ4v) is 3.87. The quantitative estimate of drug-likeness (QED) is 0.440. The minimum atomic E-state index is -0.284. The summed E-state index contributed by atoms with van der Waals surface area (Å²) in [7, 11) is 0. The topological polar surface area (TPSA) is 43.7 Å². The molecule has 5 nitrogen and oxygen atoms in total. The molecule has 0 bridgehead atoms. The van der Waals surface area contributed by atoms with Gasteiger partial charge in [0.05, 0.1) is 13.2 Å². The fraction of sp³-hybridized carbons (Fsp3) is 0.346. The molecule has 1 aliphatic heterocycles. The molecule has 0 aliphatic carbocycles. The number of halogens is 1. The lowest BCUT2D eigenvalue weighted by atomic mass is 10.2. The van der Waals surface area contributed by atoms with Gasteiger partial charge in [-0.2, -0.15) is 0 Å². The van der Waals surface area contributed by atoms with Gasteiger partial charge in [0.25, 0.3) is 5.56 Å². The maximum absolute atomic E-state index is 13.0. The highest BCUT2D eigenvalue weighted by atomic mass is 19.1. The van der Waals surface area contributed by atoms with E-state index in [1.807, 2.05) is 24.3 Å². The Balaban J connectivity index is 1.28. The van der Waals surface area contributed by atoms with Gasteiger partial charge in [-0.05, 0) is 73.8 Å². The molecule has 0 saturated carbocycles. The van der Waals surface area contributed by atoms with Gasteiger partial charge in [0.2, 0.25) is 0 Å². The molecule has 168 valence electrons. The van der Waals surface area contributed by atoms with Gasteiger partial charge >= 0.3 is 0 Å². The van der Waals surface area contributed by atoms with E-state index in [4.69, 9.17) is 9.47 Å². The van der Waals surface area contributed by atoms with Crippen LogP contribution in [0.15, 0.2) is 71.7 Å². The van der Waals surface area contributed by atoms with E-state index in [0.717, 1.165) is 29.8 Å². The zero-order valence-corrected chi connectivity index (χ0v) is 18.2.